The summed E-state index contributed by atoms with van der Waals surface area (Å²) in [6.07, 6.45) is 2.29. The molecule has 1 unspecified atom stereocenters. The molecule has 4 heteroatoms. The lowest BCUT2D eigenvalue weighted by Gasteiger charge is -2.22. The molecule has 1 saturated heterocycles. The number of carbonyl (C=O) groups excluding carboxylic acids is 2. The smallest absolute Gasteiger partial charge is 0.244 e. The van der Waals surface area contributed by atoms with Gasteiger partial charge in [-0.25, -0.2) is 0 Å². The fraction of sp³-hybridized carbons (Fsp3) is 0.467. The van der Waals surface area contributed by atoms with Crippen molar-refractivity contribution in [3.8, 4) is 0 Å². The van der Waals surface area contributed by atoms with Gasteiger partial charge in [0.25, 0.3) is 0 Å². The summed E-state index contributed by atoms with van der Waals surface area (Å²) in [7, 11) is 0. The van der Waals surface area contributed by atoms with E-state index >= 15 is 0 Å². The van der Waals surface area contributed by atoms with Crippen molar-refractivity contribution in [1.29, 1.82) is 0 Å². The molecule has 0 radical (unpaired) electrons. The molecule has 1 aromatic carbocycles. The van der Waals surface area contributed by atoms with Gasteiger partial charge < -0.3 is 10.2 Å². The first-order valence-corrected chi connectivity index (χ1v) is 6.79. The Morgan fingerprint density at radius 3 is 2.74 bits per heavy atom. The van der Waals surface area contributed by atoms with Crippen molar-refractivity contribution in [2.24, 2.45) is 0 Å². The third kappa shape index (κ3) is 3.81. The number of carbonyl (C=O) groups is 2. The molecule has 1 N–H and O–H groups in total. The molecular weight excluding hydrogens is 240 g/mol. The van der Waals surface area contributed by atoms with Gasteiger partial charge in [0.2, 0.25) is 11.8 Å². The van der Waals surface area contributed by atoms with Crippen LogP contribution in [0.3, 0.4) is 0 Å². The van der Waals surface area contributed by atoms with Crippen LogP contribution in [-0.4, -0.2) is 35.8 Å². The van der Waals surface area contributed by atoms with E-state index in [0.717, 1.165) is 12.8 Å². The lowest BCUT2D eigenvalue weighted by molar-refractivity contribution is -0.133. The van der Waals surface area contributed by atoms with Gasteiger partial charge in [-0.05, 0) is 25.3 Å². The van der Waals surface area contributed by atoms with Crippen molar-refractivity contribution in [3.05, 3.63) is 35.9 Å². The van der Waals surface area contributed by atoms with Gasteiger partial charge in [-0.2, -0.15) is 0 Å². The van der Waals surface area contributed by atoms with Gasteiger partial charge >= 0.3 is 0 Å². The van der Waals surface area contributed by atoms with Crippen molar-refractivity contribution >= 4 is 11.8 Å². The van der Waals surface area contributed by atoms with Crippen LogP contribution >= 0.6 is 0 Å². The largest absolute Gasteiger partial charge is 0.345 e. The minimum absolute atomic E-state index is 0.0268. The molecule has 2 rings (SSSR count). The van der Waals surface area contributed by atoms with Crippen molar-refractivity contribution in [2.75, 3.05) is 13.1 Å². The third-order valence-electron chi connectivity index (χ3n) is 3.40. The molecule has 0 aliphatic carbocycles. The highest BCUT2D eigenvalue weighted by Gasteiger charge is 2.25. The molecular formula is C15H20N2O2. The van der Waals surface area contributed by atoms with E-state index in [0.29, 0.717) is 19.5 Å². The maximum Gasteiger partial charge on any atom is 0.244 e. The number of hydrogen-bond donors (Lipinski definition) is 1. The highest BCUT2D eigenvalue weighted by molar-refractivity contribution is 5.89. The number of amides is 2. The predicted octanol–water partition coefficient (Wildman–Crippen LogP) is 1.36. The summed E-state index contributed by atoms with van der Waals surface area (Å²) in [6.45, 7) is 2.99. The highest BCUT2D eigenvalue weighted by Crippen LogP contribution is 2.07. The van der Waals surface area contributed by atoms with Crippen molar-refractivity contribution in [2.45, 2.75) is 32.2 Å². The predicted molar refractivity (Wildman–Crippen MR) is 73.6 cm³/mol. The SMILES string of the molecule is CC1NC(=O)CCN(CCCc2ccccc2)C1=O. The molecule has 1 atom stereocenters. The average Bonchev–Trinajstić information content (AvgIpc) is 2.53. The zero-order valence-corrected chi connectivity index (χ0v) is 11.3. The minimum atomic E-state index is -0.397. The van der Waals surface area contributed by atoms with E-state index in [9.17, 15) is 9.59 Å². The normalized spacial score (nSPS) is 20.1. The van der Waals surface area contributed by atoms with Crippen LogP contribution in [0.25, 0.3) is 0 Å². The van der Waals surface area contributed by atoms with Crippen molar-refractivity contribution in [1.82, 2.24) is 10.2 Å². The first-order chi connectivity index (χ1) is 9.16. The topological polar surface area (TPSA) is 49.4 Å². The van der Waals surface area contributed by atoms with Crippen LogP contribution in [-0.2, 0) is 16.0 Å². The number of nitrogens with one attached hydrogen (secondary N) is 1. The highest BCUT2D eigenvalue weighted by atomic mass is 16.2. The lowest BCUT2D eigenvalue weighted by Crippen LogP contribution is -2.43. The molecule has 0 aromatic heterocycles. The van der Waals surface area contributed by atoms with Crippen LogP contribution in [0, 0.1) is 0 Å². The van der Waals surface area contributed by atoms with E-state index in [4.69, 9.17) is 0 Å². The Morgan fingerprint density at radius 2 is 2.00 bits per heavy atom. The fourth-order valence-corrected chi connectivity index (χ4v) is 2.34. The quantitative estimate of drug-likeness (QED) is 0.888. The van der Waals surface area contributed by atoms with Crippen LogP contribution in [0.15, 0.2) is 30.3 Å². The average molecular weight is 260 g/mol. The fourth-order valence-electron chi connectivity index (χ4n) is 2.34. The Hall–Kier alpha value is -1.84. The molecule has 19 heavy (non-hydrogen) atoms. The second-order valence-corrected chi connectivity index (χ2v) is 4.95. The lowest BCUT2D eigenvalue weighted by atomic mass is 10.1. The van der Waals surface area contributed by atoms with E-state index in [2.05, 4.69) is 17.4 Å². The molecule has 1 aliphatic rings. The van der Waals surface area contributed by atoms with Gasteiger partial charge in [0, 0.05) is 19.5 Å². The Bertz CT molecular complexity index is 445. The summed E-state index contributed by atoms with van der Waals surface area (Å²) in [5.74, 6) is -0.00896. The molecule has 1 aromatic rings. The van der Waals surface area contributed by atoms with Gasteiger partial charge in [-0.3, -0.25) is 9.59 Å². The molecule has 1 aliphatic heterocycles. The first kappa shape index (κ1) is 13.6. The van der Waals surface area contributed by atoms with Gasteiger partial charge in [-0.1, -0.05) is 30.3 Å². The number of aryl methyl sites for hydroxylation is 1. The Labute approximate surface area is 113 Å². The molecule has 0 spiro atoms. The van der Waals surface area contributed by atoms with Gasteiger partial charge in [0.1, 0.15) is 6.04 Å². The Kier molecular flexibility index (Phi) is 4.55. The van der Waals surface area contributed by atoms with E-state index < -0.39 is 6.04 Å². The second-order valence-electron chi connectivity index (χ2n) is 4.95. The number of benzene rings is 1. The zero-order valence-electron chi connectivity index (χ0n) is 11.3. The minimum Gasteiger partial charge on any atom is -0.345 e. The van der Waals surface area contributed by atoms with Crippen LogP contribution in [0.1, 0.15) is 25.3 Å². The van der Waals surface area contributed by atoms with E-state index in [1.165, 1.54) is 5.56 Å². The summed E-state index contributed by atoms with van der Waals surface area (Å²) in [4.78, 5) is 25.2. The molecule has 0 saturated carbocycles. The summed E-state index contributed by atoms with van der Waals surface area (Å²) < 4.78 is 0. The molecule has 4 nitrogen and oxygen atoms in total. The van der Waals surface area contributed by atoms with E-state index in [-0.39, 0.29) is 11.8 Å². The monoisotopic (exact) mass is 260 g/mol. The number of nitrogens with zero attached hydrogens (tertiary/aromatic N) is 1. The first-order valence-electron chi connectivity index (χ1n) is 6.79. The van der Waals surface area contributed by atoms with Crippen LogP contribution in [0.5, 0.6) is 0 Å². The summed E-state index contributed by atoms with van der Waals surface area (Å²) >= 11 is 0. The Balaban J connectivity index is 1.84. The van der Waals surface area contributed by atoms with Gasteiger partial charge in [0.15, 0.2) is 0 Å². The molecule has 1 heterocycles. The zero-order chi connectivity index (χ0) is 13.7. The Morgan fingerprint density at radius 1 is 1.26 bits per heavy atom. The van der Waals surface area contributed by atoms with Crippen LogP contribution in [0.4, 0.5) is 0 Å². The maximum atomic E-state index is 12.0. The van der Waals surface area contributed by atoms with Crippen LogP contribution < -0.4 is 5.32 Å². The van der Waals surface area contributed by atoms with Crippen LogP contribution in [0.2, 0.25) is 0 Å². The van der Waals surface area contributed by atoms with E-state index in [1.54, 1.807) is 11.8 Å². The molecule has 1 fully saturated rings. The summed E-state index contributed by atoms with van der Waals surface area (Å²) in [5.41, 5.74) is 1.28. The number of rotatable bonds is 4. The molecule has 102 valence electrons. The molecule has 2 amide bonds. The summed E-state index contributed by atoms with van der Waals surface area (Å²) in [6, 6.07) is 9.84. The molecule has 0 bridgehead atoms. The summed E-state index contributed by atoms with van der Waals surface area (Å²) in [5, 5.41) is 2.70. The maximum absolute atomic E-state index is 12.0. The third-order valence-corrected chi connectivity index (χ3v) is 3.40. The van der Waals surface area contributed by atoms with Gasteiger partial charge in [0.05, 0.1) is 0 Å². The van der Waals surface area contributed by atoms with Crippen molar-refractivity contribution in [3.63, 3.8) is 0 Å². The van der Waals surface area contributed by atoms with Gasteiger partial charge in [-0.15, -0.1) is 0 Å². The van der Waals surface area contributed by atoms with E-state index in [1.807, 2.05) is 18.2 Å². The standard InChI is InChI=1S/C15H20N2O2/c1-12-15(19)17(11-9-14(18)16-12)10-5-8-13-6-3-2-4-7-13/h2-4,6-7,12H,5,8-11H2,1H3,(H,16,18). The van der Waals surface area contributed by atoms with Crippen molar-refractivity contribution < 1.29 is 9.59 Å². The number of hydrogen-bond acceptors (Lipinski definition) is 2. The second kappa shape index (κ2) is 6.36.